The molecule has 9 aliphatic carbocycles. The summed E-state index contributed by atoms with van der Waals surface area (Å²) in [6, 6.07) is 6.74. The van der Waals surface area contributed by atoms with Gasteiger partial charge in [0.1, 0.15) is 0 Å². The molecule has 196 valence electrons. The van der Waals surface area contributed by atoms with Crippen LogP contribution in [0.1, 0.15) is 62.5 Å². The highest BCUT2D eigenvalue weighted by molar-refractivity contribution is 5.83. The zero-order valence-corrected chi connectivity index (χ0v) is 22.4. The second kappa shape index (κ2) is 6.39. The summed E-state index contributed by atoms with van der Waals surface area (Å²) in [6.07, 6.45) is 4.77. The number of methoxy groups -OCH3 is 2. The van der Waals surface area contributed by atoms with Crippen molar-refractivity contribution >= 4 is 17.6 Å². The first-order chi connectivity index (χ1) is 17.8. The zero-order valence-electron chi connectivity index (χ0n) is 22.4. The molecular formula is C32H39NO4. The van der Waals surface area contributed by atoms with Gasteiger partial charge in [-0.05, 0) is 131 Å². The number of ether oxygens (including phenoxy) is 2. The van der Waals surface area contributed by atoms with E-state index in [0.29, 0.717) is 46.3 Å². The van der Waals surface area contributed by atoms with E-state index in [1.807, 2.05) is 0 Å². The smallest absolute Gasteiger partial charge is 0.309 e. The molecule has 5 heteroatoms. The Kier molecular flexibility index (Phi) is 3.78. The Morgan fingerprint density at radius 1 is 0.757 bits per heavy atom. The number of carbonyl (C=O) groups excluding carboxylic acids is 2. The maximum Gasteiger partial charge on any atom is 0.309 e. The lowest BCUT2D eigenvalue weighted by atomic mass is 9.18. The van der Waals surface area contributed by atoms with E-state index in [4.69, 9.17) is 15.2 Å². The van der Waals surface area contributed by atoms with Gasteiger partial charge in [-0.25, -0.2) is 0 Å². The molecule has 8 saturated carbocycles. The zero-order chi connectivity index (χ0) is 25.3. The predicted octanol–water partition coefficient (Wildman–Crippen LogP) is 4.86. The van der Waals surface area contributed by atoms with Crippen molar-refractivity contribution in [3.8, 4) is 0 Å². The summed E-state index contributed by atoms with van der Waals surface area (Å²) >= 11 is 0. The second-order valence-electron chi connectivity index (χ2n) is 14.7. The molecule has 1 aromatic rings. The summed E-state index contributed by atoms with van der Waals surface area (Å²) in [6.45, 7) is 5.33. The molecule has 6 bridgehead atoms. The predicted molar refractivity (Wildman–Crippen MR) is 137 cm³/mol. The standard InChI is InChI=1S/C32H39NO4/c1-31-25-17-10-18(16-9-12(33)5-6-13(16)17)26(25)32(31,2)28-20-11-19(27(28)31)21-14-7-8-15(22(20)21)24(30(35)37-4)23(14)29(34)36-3/h5-6,9,14-15,17-28H,7-8,10-11,33H2,1-4H3/t14-,15+,17-,18+,19+,20-,21-,22+,23-,24-,25-,26+,27+,28-,31-,32+/m1/s1. The molecule has 1 aromatic carbocycles. The molecule has 37 heavy (non-hydrogen) atoms. The molecule has 2 N–H and O–H groups in total. The fraction of sp³-hybridized carbons (Fsp3) is 0.750. The van der Waals surface area contributed by atoms with Gasteiger partial charge in [-0.2, -0.15) is 0 Å². The van der Waals surface area contributed by atoms with Crippen LogP contribution >= 0.6 is 0 Å². The van der Waals surface area contributed by atoms with E-state index < -0.39 is 0 Å². The van der Waals surface area contributed by atoms with Crippen molar-refractivity contribution in [3.63, 3.8) is 0 Å². The number of hydrogen-bond acceptors (Lipinski definition) is 5. The fourth-order valence-electron chi connectivity index (χ4n) is 14.6. The van der Waals surface area contributed by atoms with Gasteiger partial charge in [-0.3, -0.25) is 9.59 Å². The van der Waals surface area contributed by atoms with Gasteiger partial charge in [-0.15, -0.1) is 0 Å². The summed E-state index contributed by atoms with van der Waals surface area (Å²) in [5, 5.41) is 0. The highest BCUT2D eigenvalue weighted by Gasteiger charge is 2.90. The van der Waals surface area contributed by atoms with Crippen LogP contribution in [-0.2, 0) is 19.1 Å². The second-order valence-corrected chi connectivity index (χ2v) is 14.7. The number of hydrogen-bond donors (Lipinski definition) is 1. The highest BCUT2D eigenvalue weighted by atomic mass is 16.5. The van der Waals surface area contributed by atoms with Crippen LogP contribution < -0.4 is 5.73 Å². The molecule has 0 saturated heterocycles. The summed E-state index contributed by atoms with van der Waals surface area (Å²) < 4.78 is 10.6. The number of nitrogen functional groups attached to an aromatic ring is 1. The van der Waals surface area contributed by atoms with Crippen molar-refractivity contribution in [2.24, 2.45) is 81.8 Å². The lowest BCUT2D eigenvalue weighted by Gasteiger charge is -2.85. The molecular weight excluding hydrogens is 462 g/mol. The number of esters is 2. The van der Waals surface area contributed by atoms with Crippen LogP contribution in [-0.4, -0.2) is 26.2 Å². The number of anilines is 1. The molecule has 5 nitrogen and oxygen atoms in total. The maximum atomic E-state index is 13.1. The van der Waals surface area contributed by atoms with E-state index in [-0.39, 0.29) is 35.6 Å². The molecule has 9 aliphatic rings. The van der Waals surface area contributed by atoms with Crippen LogP contribution in [0.25, 0.3) is 0 Å². The third kappa shape index (κ3) is 1.96. The average Bonchev–Trinajstić information content (AvgIpc) is 3.67. The number of carbonyl (C=O) groups is 2. The van der Waals surface area contributed by atoms with Crippen LogP contribution in [0.3, 0.4) is 0 Å². The SMILES string of the molecule is COC(=O)[C@@H]1[C@H]2CC[C@@H]([C@H]1C(=O)OC)[C@@H]1[C@@H]3C[C@H]([C@H]21)[C@@H]1[C@H]3[C@@]2(C)[C@H]3[C@H]([C@H]4C[C@@H]3c3ccc(N)cc34)[C@@]12C. The normalized spacial score (nSPS) is 57.8. The minimum atomic E-state index is -0.319. The van der Waals surface area contributed by atoms with E-state index in [2.05, 4.69) is 32.0 Å². The molecule has 0 aromatic heterocycles. The van der Waals surface area contributed by atoms with Crippen molar-refractivity contribution in [1.29, 1.82) is 0 Å². The van der Waals surface area contributed by atoms with Crippen molar-refractivity contribution in [1.82, 2.24) is 0 Å². The molecule has 0 unspecified atom stereocenters. The molecule has 0 spiro atoms. The summed E-state index contributed by atoms with van der Waals surface area (Å²) in [5.74, 6) is 6.67. The van der Waals surface area contributed by atoms with Gasteiger partial charge >= 0.3 is 11.9 Å². The van der Waals surface area contributed by atoms with Crippen LogP contribution in [0.5, 0.6) is 0 Å². The van der Waals surface area contributed by atoms with Crippen LogP contribution in [0.2, 0.25) is 0 Å². The Morgan fingerprint density at radius 3 is 1.78 bits per heavy atom. The Hall–Kier alpha value is -2.04. The Balaban J connectivity index is 1.12. The Bertz CT molecular complexity index is 1280. The van der Waals surface area contributed by atoms with Gasteiger partial charge in [-0.1, -0.05) is 19.9 Å². The van der Waals surface area contributed by atoms with Crippen molar-refractivity contribution < 1.29 is 19.1 Å². The van der Waals surface area contributed by atoms with Crippen molar-refractivity contribution in [3.05, 3.63) is 29.3 Å². The van der Waals surface area contributed by atoms with Gasteiger partial charge in [0, 0.05) is 5.69 Å². The average molecular weight is 502 g/mol. The van der Waals surface area contributed by atoms with E-state index in [1.54, 1.807) is 11.1 Å². The first-order valence-corrected chi connectivity index (χ1v) is 14.8. The number of benzene rings is 1. The van der Waals surface area contributed by atoms with Gasteiger partial charge in [0.2, 0.25) is 0 Å². The largest absolute Gasteiger partial charge is 0.469 e. The first kappa shape index (κ1) is 21.8. The third-order valence-corrected chi connectivity index (χ3v) is 15.0. The summed E-state index contributed by atoms with van der Waals surface area (Å²) in [5.41, 5.74) is 11.1. The van der Waals surface area contributed by atoms with Crippen molar-refractivity contribution in [2.75, 3.05) is 20.0 Å². The Morgan fingerprint density at radius 2 is 1.27 bits per heavy atom. The van der Waals surface area contributed by atoms with Crippen LogP contribution in [0.4, 0.5) is 5.69 Å². The van der Waals surface area contributed by atoms with Crippen LogP contribution in [0, 0.1) is 81.8 Å². The van der Waals surface area contributed by atoms with E-state index >= 15 is 0 Å². The van der Waals surface area contributed by atoms with Gasteiger partial charge in [0.15, 0.2) is 0 Å². The number of nitrogens with two attached hydrogens (primary N) is 1. The van der Waals surface area contributed by atoms with Crippen molar-refractivity contribution in [2.45, 2.75) is 51.4 Å². The minimum Gasteiger partial charge on any atom is -0.469 e. The van der Waals surface area contributed by atoms with Crippen LogP contribution in [0.15, 0.2) is 18.2 Å². The maximum absolute atomic E-state index is 13.1. The number of rotatable bonds is 2. The summed E-state index contributed by atoms with van der Waals surface area (Å²) in [7, 11) is 2.97. The van der Waals surface area contributed by atoms with E-state index in [1.165, 1.54) is 27.1 Å². The monoisotopic (exact) mass is 501 g/mol. The van der Waals surface area contributed by atoms with Gasteiger partial charge in [0.25, 0.3) is 0 Å². The molecule has 16 atom stereocenters. The van der Waals surface area contributed by atoms with E-state index in [0.717, 1.165) is 42.2 Å². The first-order valence-electron chi connectivity index (χ1n) is 14.8. The third-order valence-electron chi connectivity index (χ3n) is 15.0. The van der Waals surface area contributed by atoms with Gasteiger partial charge in [0.05, 0.1) is 26.1 Å². The quantitative estimate of drug-likeness (QED) is 0.356. The molecule has 8 fully saturated rings. The highest BCUT2D eigenvalue weighted by Crippen LogP contribution is 2.95. The molecule has 0 amide bonds. The topological polar surface area (TPSA) is 78.6 Å². The molecule has 0 aliphatic heterocycles. The molecule has 0 heterocycles. The number of fused-ring (bicyclic) bond motifs is 20. The summed E-state index contributed by atoms with van der Waals surface area (Å²) in [4.78, 5) is 26.2. The Labute approximate surface area is 219 Å². The lowest BCUT2D eigenvalue weighted by Crippen LogP contribution is -2.82. The fourth-order valence-corrected chi connectivity index (χ4v) is 14.6. The minimum absolute atomic E-state index is 0.180. The molecule has 0 radical (unpaired) electrons. The van der Waals surface area contributed by atoms with Gasteiger partial charge < -0.3 is 15.2 Å². The van der Waals surface area contributed by atoms with E-state index in [9.17, 15) is 9.59 Å². The molecule has 10 rings (SSSR count). The lowest BCUT2D eigenvalue weighted by molar-refractivity contribution is -0.377.